The average Bonchev–Trinajstić information content (AvgIpc) is 2.84. The minimum atomic E-state index is -0.747. The molecule has 0 spiro atoms. The van der Waals surface area contributed by atoms with Crippen molar-refractivity contribution >= 4 is 23.0 Å². The number of nitro groups is 2. The summed E-state index contributed by atoms with van der Waals surface area (Å²) in [5.41, 5.74) is 7.37. The number of carbonyl (C=O) groups is 1. The van der Waals surface area contributed by atoms with Gasteiger partial charge in [0.2, 0.25) is 11.6 Å². The molecule has 1 aromatic rings. The summed E-state index contributed by atoms with van der Waals surface area (Å²) in [5, 5.41) is 25.9. The molecular weight excluding hydrogens is 308 g/mol. The van der Waals surface area contributed by atoms with Gasteiger partial charge in [0.25, 0.3) is 11.4 Å². The summed E-state index contributed by atoms with van der Waals surface area (Å²) < 4.78 is 0. The highest BCUT2D eigenvalue weighted by molar-refractivity contribution is 6.00. The predicted molar refractivity (Wildman–Crippen MR) is 79.0 cm³/mol. The summed E-state index contributed by atoms with van der Waals surface area (Å²) >= 11 is 0. The maximum absolute atomic E-state index is 12.1. The number of aryl methyl sites for hydroxylation is 1. The zero-order valence-electron chi connectivity index (χ0n) is 12.1. The van der Waals surface area contributed by atoms with E-state index in [4.69, 9.17) is 5.53 Å². The van der Waals surface area contributed by atoms with E-state index < -0.39 is 27.1 Å². The average molecular weight is 320 g/mol. The number of amides is 1. The van der Waals surface area contributed by atoms with E-state index in [9.17, 15) is 25.0 Å². The van der Waals surface area contributed by atoms with Crippen molar-refractivity contribution in [1.82, 2.24) is 0 Å². The van der Waals surface area contributed by atoms with Gasteiger partial charge >= 0.3 is 0 Å². The first-order valence-corrected chi connectivity index (χ1v) is 6.59. The molecule has 120 valence electrons. The minimum Gasteiger partial charge on any atom is -0.300 e. The Morgan fingerprint density at radius 1 is 1.35 bits per heavy atom. The van der Waals surface area contributed by atoms with Gasteiger partial charge in [0.15, 0.2) is 0 Å². The molecule has 0 N–H and O–H groups in total. The van der Waals surface area contributed by atoms with E-state index in [1.54, 1.807) is 0 Å². The van der Waals surface area contributed by atoms with E-state index in [1.165, 1.54) is 19.1 Å². The lowest BCUT2D eigenvalue weighted by Crippen LogP contribution is -2.26. The molecular formula is C12H12N6O5. The maximum atomic E-state index is 12.1. The van der Waals surface area contributed by atoms with Gasteiger partial charge in [-0.1, -0.05) is 5.11 Å². The van der Waals surface area contributed by atoms with Crippen LogP contribution in [0.15, 0.2) is 17.2 Å². The normalized spacial score (nSPS) is 17.0. The number of benzene rings is 1. The second-order valence-corrected chi connectivity index (χ2v) is 5.15. The molecule has 11 nitrogen and oxygen atoms in total. The Hall–Kier alpha value is -3.20. The van der Waals surface area contributed by atoms with Crippen LogP contribution in [0.25, 0.3) is 10.4 Å². The first-order chi connectivity index (χ1) is 10.8. The number of hydrogen-bond donors (Lipinski definition) is 0. The van der Waals surface area contributed by atoms with E-state index in [-0.39, 0.29) is 31.1 Å². The number of carbonyl (C=O) groups excluding carboxylic acids is 1. The van der Waals surface area contributed by atoms with Gasteiger partial charge in [-0.15, -0.1) is 0 Å². The van der Waals surface area contributed by atoms with Gasteiger partial charge in [-0.2, -0.15) is 0 Å². The lowest BCUT2D eigenvalue weighted by atomic mass is 10.1. The van der Waals surface area contributed by atoms with Crippen LogP contribution in [0.1, 0.15) is 12.0 Å². The summed E-state index contributed by atoms with van der Waals surface area (Å²) in [6.07, 6.45) is 0.0151. The Bertz CT molecular complexity index is 706. The molecule has 0 aromatic heterocycles. The highest BCUT2D eigenvalue weighted by Crippen LogP contribution is 2.41. The molecule has 1 aliphatic heterocycles. The molecule has 1 aromatic carbocycles. The molecule has 1 unspecified atom stereocenters. The number of nitrogens with zero attached hydrogens (tertiary/aromatic N) is 6. The lowest BCUT2D eigenvalue weighted by molar-refractivity contribution is -0.392. The third-order valence-corrected chi connectivity index (χ3v) is 3.49. The van der Waals surface area contributed by atoms with Gasteiger partial charge in [0.05, 0.1) is 9.85 Å². The maximum Gasteiger partial charge on any atom is 0.300 e. The van der Waals surface area contributed by atoms with Crippen LogP contribution in [-0.2, 0) is 4.79 Å². The zero-order valence-corrected chi connectivity index (χ0v) is 12.1. The van der Waals surface area contributed by atoms with Crippen molar-refractivity contribution in [3.05, 3.63) is 48.4 Å². The summed E-state index contributed by atoms with van der Waals surface area (Å²) in [4.78, 5) is 36.8. The largest absolute Gasteiger partial charge is 0.300 e. The zero-order chi connectivity index (χ0) is 17.1. The van der Waals surface area contributed by atoms with Crippen LogP contribution in [0.5, 0.6) is 0 Å². The van der Waals surface area contributed by atoms with Crippen molar-refractivity contribution in [2.45, 2.75) is 13.3 Å². The smallest absolute Gasteiger partial charge is 0.300 e. The predicted octanol–water partition coefficient (Wildman–Crippen LogP) is 2.47. The fourth-order valence-corrected chi connectivity index (χ4v) is 2.57. The Morgan fingerprint density at radius 3 is 2.39 bits per heavy atom. The quantitative estimate of drug-likeness (QED) is 0.268. The van der Waals surface area contributed by atoms with E-state index in [0.717, 1.165) is 4.90 Å². The molecule has 23 heavy (non-hydrogen) atoms. The number of hydrogen-bond acceptors (Lipinski definition) is 6. The molecule has 0 saturated carbocycles. The summed E-state index contributed by atoms with van der Waals surface area (Å²) in [6.45, 7) is 1.58. The third kappa shape index (κ3) is 3.19. The first kappa shape index (κ1) is 16.2. The molecule has 0 bridgehead atoms. The topological polar surface area (TPSA) is 155 Å². The molecule has 1 heterocycles. The highest BCUT2D eigenvalue weighted by Gasteiger charge is 2.39. The monoisotopic (exact) mass is 320 g/mol. The second kappa shape index (κ2) is 6.28. The van der Waals surface area contributed by atoms with Gasteiger partial charge in [0.1, 0.15) is 0 Å². The molecule has 11 heteroatoms. The molecule has 1 amide bonds. The molecule has 1 atom stereocenters. The van der Waals surface area contributed by atoms with E-state index in [0.29, 0.717) is 5.56 Å². The van der Waals surface area contributed by atoms with Crippen LogP contribution in [0.2, 0.25) is 0 Å². The molecule has 1 saturated heterocycles. The van der Waals surface area contributed by atoms with Crippen molar-refractivity contribution in [2.75, 3.05) is 18.0 Å². The Kier molecular flexibility index (Phi) is 4.42. The number of rotatable bonds is 5. The van der Waals surface area contributed by atoms with Crippen LogP contribution >= 0.6 is 0 Å². The van der Waals surface area contributed by atoms with Gasteiger partial charge in [-0.25, -0.2) is 0 Å². The molecule has 2 rings (SSSR count). The number of nitro benzene ring substituents is 2. The van der Waals surface area contributed by atoms with Crippen LogP contribution in [0.4, 0.5) is 17.1 Å². The first-order valence-electron chi connectivity index (χ1n) is 6.59. The van der Waals surface area contributed by atoms with Crippen LogP contribution in [0.3, 0.4) is 0 Å². The van der Waals surface area contributed by atoms with Gasteiger partial charge < -0.3 is 4.90 Å². The Balaban J connectivity index is 2.53. The molecule has 1 fully saturated rings. The van der Waals surface area contributed by atoms with Crippen molar-refractivity contribution in [2.24, 2.45) is 11.0 Å². The van der Waals surface area contributed by atoms with Crippen molar-refractivity contribution in [1.29, 1.82) is 0 Å². The van der Waals surface area contributed by atoms with E-state index in [1.807, 2.05) is 0 Å². The van der Waals surface area contributed by atoms with E-state index >= 15 is 0 Å². The lowest BCUT2D eigenvalue weighted by Gasteiger charge is -2.17. The Labute approximate surface area is 129 Å². The van der Waals surface area contributed by atoms with E-state index in [2.05, 4.69) is 10.0 Å². The molecule has 0 radical (unpaired) electrons. The van der Waals surface area contributed by atoms with Crippen LogP contribution in [-0.4, -0.2) is 28.8 Å². The van der Waals surface area contributed by atoms with Crippen molar-refractivity contribution in [3.8, 4) is 0 Å². The number of azide groups is 1. The fraction of sp³-hybridized carbons (Fsp3) is 0.417. The van der Waals surface area contributed by atoms with Crippen LogP contribution in [0, 0.1) is 33.1 Å². The van der Waals surface area contributed by atoms with Gasteiger partial charge in [-0.05, 0) is 23.9 Å². The third-order valence-electron chi connectivity index (χ3n) is 3.49. The summed E-state index contributed by atoms with van der Waals surface area (Å²) in [5.74, 6) is -0.808. The summed E-state index contributed by atoms with van der Waals surface area (Å²) in [6, 6.07) is 2.38. The fourth-order valence-electron chi connectivity index (χ4n) is 2.57. The van der Waals surface area contributed by atoms with Crippen molar-refractivity contribution in [3.63, 3.8) is 0 Å². The highest BCUT2D eigenvalue weighted by atomic mass is 16.6. The Morgan fingerprint density at radius 2 is 1.91 bits per heavy atom. The van der Waals surface area contributed by atoms with Gasteiger partial charge in [-0.3, -0.25) is 25.0 Å². The van der Waals surface area contributed by atoms with Crippen molar-refractivity contribution < 1.29 is 14.6 Å². The standard InChI is InChI=1S/C12H12N6O5/c1-7-2-9(17(20)21)12(10(3-7)18(22)23)16-6-8(4-11(16)19)5-14-15-13/h2-3,8H,4-6H2,1H3. The SMILES string of the molecule is Cc1cc([N+](=O)[O-])c(N2CC(CN=[N+]=[N-])CC2=O)c([N+](=O)[O-])c1. The number of anilines is 1. The molecule has 0 aliphatic carbocycles. The second-order valence-electron chi connectivity index (χ2n) is 5.15. The minimum absolute atomic E-state index is 0.0151. The van der Waals surface area contributed by atoms with Crippen LogP contribution < -0.4 is 4.90 Å². The summed E-state index contributed by atoms with van der Waals surface area (Å²) in [7, 11) is 0. The molecule has 1 aliphatic rings. The van der Waals surface area contributed by atoms with Gasteiger partial charge in [0, 0.05) is 36.6 Å².